The topological polar surface area (TPSA) is 52.9 Å². The fourth-order valence-electron chi connectivity index (χ4n) is 6.18. The molecule has 2 bridgehead atoms. The second-order valence-electron chi connectivity index (χ2n) is 10.3. The molecule has 6 rings (SSSR count). The number of benzene rings is 2. The number of hydrogen-bond acceptors (Lipinski definition) is 5. The number of hydrogen-bond donors (Lipinski definition) is 0. The molecule has 6 nitrogen and oxygen atoms in total. The number of fused-ring (bicyclic) bond motifs is 3. The van der Waals surface area contributed by atoms with Crippen molar-refractivity contribution in [2.24, 2.45) is 0 Å². The molecule has 1 aromatic heterocycles. The molecular formula is C29H32F2N2O4. The summed E-state index contributed by atoms with van der Waals surface area (Å²) in [5.41, 5.74) is 0.210. The fourth-order valence-corrected chi connectivity index (χ4v) is 6.18. The summed E-state index contributed by atoms with van der Waals surface area (Å²) in [5, 5.41) is 1.29. The quantitative estimate of drug-likeness (QED) is 0.426. The monoisotopic (exact) mass is 510 g/mol. The number of piperidine rings is 1. The van der Waals surface area contributed by atoms with E-state index in [-0.39, 0.29) is 30.2 Å². The van der Waals surface area contributed by atoms with E-state index >= 15 is 4.39 Å². The second-order valence-corrected chi connectivity index (χ2v) is 10.3. The van der Waals surface area contributed by atoms with Gasteiger partial charge in [0.1, 0.15) is 25.1 Å². The molecule has 0 saturated carbocycles. The van der Waals surface area contributed by atoms with Crippen molar-refractivity contribution in [1.82, 2.24) is 9.47 Å². The zero-order chi connectivity index (χ0) is 25.4. The summed E-state index contributed by atoms with van der Waals surface area (Å²) in [6.07, 6.45) is 7.38. The summed E-state index contributed by atoms with van der Waals surface area (Å²) in [4.78, 5) is 15.4. The number of alkyl halides is 1. The lowest BCUT2D eigenvalue weighted by molar-refractivity contribution is 0.0440. The lowest BCUT2D eigenvalue weighted by Gasteiger charge is -2.38. The Hall–Kier alpha value is -2.97. The number of pyridine rings is 1. The molecule has 0 radical (unpaired) electrons. The second kappa shape index (κ2) is 10.4. The maximum absolute atomic E-state index is 15.1. The van der Waals surface area contributed by atoms with Gasteiger partial charge in [-0.05, 0) is 80.3 Å². The molecule has 8 heteroatoms. The number of ether oxygens (including phenoxy) is 3. The Bertz CT molecular complexity index is 1310. The molecule has 0 spiro atoms. The molecule has 0 unspecified atom stereocenters. The van der Waals surface area contributed by atoms with Gasteiger partial charge < -0.3 is 14.2 Å². The highest BCUT2D eigenvalue weighted by Gasteiger charge is 2.41. The molecule has 0 amide bonds. The van der Waals surface area contributed by atoms with E-state index in [9.17, 15) is 9.18 Å². The normalized spacial score (nSPS) is 25.6. The third kappa shape index (κ3) is 4.97. The highest BCUT2D eigenvalue weighted by atomic mass is 19.1. The smallest absolute Gasteiger partial charge is 0.262 e. The Morgan fingerprint density at radius 3 is 2.59 bits per heavy atom. The number of aromatic nitrogens is 1. The average molecular weight is 511 g/mol. The van der Waals surface area contributed by atoms with E-state index in [4.69, 9.17) is 14.2 Å². The van der Waals surface area contributed by atoms with Gasteiger partial charge in [-0.25, -0.2) is 8.78 Å². The zero-order valence-electron chi connectivity index (χ0n) is 20.8. The van der Waals surface area contributed by atoms with Crippen LogP contribution in [0.15, 0.2) is 53.5 Å². The molecule has 0 aliphatic carbocycles. The van der Waals surface area contributed by atoms with Crippen molar-refractivity contribution in [2.75, 3.05) is 26.4 Å². The molecule has 3 aliphatic rings. The summed E-state index contributed by atoms with van der Waals surface area (Å²) in [5.74, 6) is 0.381. The molecule has 4 heterocycles. The van der Waals surface area contributed by atoms with Crippen LogP contribution in [-0.2, 0) is 4.74 Å². The van der Waals surface area contributed by atoms with Gasteiger partial charge in [-0.3, -0.25) is 14.3 Å². The van der Waals surface area contributed by atoms with E-state index in [0.717, 1.165) is 50.5 Å². The Morgan fingerprint density at radius 1 is 1.03 bits per heavy atom. The molecule has 3 saturated heterocycles. The summed E-state index contributed by atoms with van der Waals surface area (Å²) < 4.78 is 46.9. The molecule has 3 aliphatic heterocycles. The molecule has 37 heavy (non-hydrogen) atoms. The van der Waals surface area contributed by atoms with Gasteiger partial charge in [-0.2, -0.15) is 0 Å². The van der Waals surface area contributed by atoms with Gasteiger partial charge in [0.25, 0.3) is 5.56 Å². The minimum atomic E-state index is -0.499. The number of halogens is 2. The van der Waals surface area contributed by atoms with Gasteiger partial charge in [-0.15, -0.1) is 0 Å². The van der Waals surface area contributed by atoms with E-state index in [1.165, 1.54) is 10.6 Å². The van der Waals surface area contributed by atoms with Crippen molar-refractivity contribution < 1.29 is 23.0 Å². The first-order valence-electron chi connectivity index (χ1n) is 13.3. The van der Waals surface area contributed by atoms with E-state index < -0.39 is 5.82 Å². The average Bonchev–Trinajstić information content (AvgIpc) is 3.50. The molecular weight excluding hydrogens is 478 g/mol. The Labute approximate surface area is 214 Å². The Morgan fingerprint density at radius 2 is 1.86 bits per heavy atom. The highest BCUT2D eigenvalue weighted by molar-refractivity contribution is 5.83. The molecule has 4 atom stereocenters. The van der Waals surface area contributed by atoms with Crippen molar-refractivity contribution in [2.45, 2.75) is 62.8 Å². The summed E-state index contributed by atoms with van der Waals surface area (Å²) in [6, 6.07) is 12.5. The van der Waals surface area contributed by atoms with Crippen LogP contribution in [0.25, 0.3) is 16.5 Å². The number of nitrogens with zero attached hydrogens (tertiary/aromatic N) is 2. The zero-order valence-corrected chi connectivity index (χ0v) is 20.8. The van der Waals surface area contributed by atoms with Crippen molar-refractivity contribution in [3.63, 3.8) is 0 Å². The minimum Gasteiger partial charge on any atom is -0.491 e. The fraction of sp³-hybridized carbons (Fsp3) is 0.483. The van der Waals surface area contributed by atoms with Crippen LogP contribution in [-0.4, -0.2) is 60.2 Å². The predicted octanol–water partition coefficient (Wildman–Crippen LogP) is 5.03. The van der Waals surface area contributed by atoms with Gasteiger partial charge in [-0.1, -0.05) is 0 Å². The van der Waals surface area contributed by atoms with Crippen molar-refractivity contribution >= 4 is 10.8 Å². The first kappa shape index (κ1) is 24.4. The summed E-state index contributed by atoms with van der Waals surface area (Å²) in [7, 11) is 0. The first-order valence-corrected chi connectivity index (χ1v) is 13.3. The van der Waals surface area contributed by atoms with Crippen molar-refractivity contribution in [3.05, 3.63) is 64.8 Å². The molecule has 3 fully saturated rings. The minimum absolute atomic E-state index is 0.0891. The maximum atomic E-state index is 15.1. The predicted molar refractivity (Wildman–Crippen MR) is 137 cm³/mol. The first-order chi connectivity index (χ1) is 18.1. The van der Waals surface area contributed by atoms with Gasteiger partial charge in [0.15, 0.2) is 11.6 Å². The summed E-state index contributed by atoms with van der Waals surface area (Å²) >= 11 is 0. The largest absolute Gasteiger partial charge is 0.491 e. The Kier molecular flexibility index (Phi) is 6.86. The van der Waals surface area contributed by atoms with Gasteiger partial charge in [0.2, 0.25) is 0 Å². The molecule has 0 N–H and O–H groups in total. The molecule has 196 valence electrons. The lowest BCUT2D eigenvalue weighted by atomic mass is 9.99. The van der Waals surface area contributed by atoms with Crippen LogP contribution in [0.3, 0.4) is 0 Å². The van der Waals surface area contributed by atoms with E-state index in [1.807, 2.05) is 12.1 Å². The van der Waals surface area contributed by atoms with Crippen LogP contribution in [0.5, 0.6) is 11.5 Å². The van der Waals surface area contributed by atoms with Crippen LogP contribution >= 0.6 is 0 Å². The van der Waals surface area contributed by atoms with E-state index in [2.05, 4.69) is 4.90 Å². The van der Waals surface area contributed by atoms with Crippen LogP contribution in [0.4, 0.5) is 8.78 Å². The van der Waals surface area contributed by atoms with Crippen molar-refractivity contribution in [3.8, 4) is 17.2 Å². The van der Waals surface area contributed by atoms with Crippen LogP contribution in [0.2, 0.25) is 0 Å². The van der Waals surface area contributed by atoms with Crippen LogP contribution in [0, 0.1) is 5.82 Å². The van der Waals surface area contributed by atoms with Gasteiger partial charge >= 0.3 is 0 Å². The SMILES string of the molecule is O=c1c2ccc(OC[C@H]3CCCO3)cc2ccn1-c1ccc(O[C@H]2C[C@H]3CC[C@@H](C2)N3CCF)c(F)c1. The van der Waals surface area contributed by atoms with Crippen LogP contribution < -0.4 is 15.0 Å². The lowest BCUT2D eigenvalue weighted by Crippen LogP contribution is -2.47. The molecule has 3 aromatic rings. The third-order valence-electron chi connectivity index (χ3n) is 8.01. The summed E-state index contributed by atoms with van der Waals surface area (Å²) in [6.45, 7) is 1.40. The third-order valence-corrected chi connectivity index (χ3v) is 8.01. The maximum Gasteiger partial charge on any atom is 0.262 e. The number of rotatable bonds is 8. The van der Waals surface area contributed by atoms with Gasteiger partial charge in [0.05, 0.1) is 11.8 Å². The Balaban J connectivity index is 1.16. The van der Waals surface area contributed by atoms with E-state index in [1.54, 1.807) is 30.5 Å². The molecule has 2 aromatic carbocycles. The van der Waals surface area contributed by atoms with Gasteiger partial charge in [0, 0.05) is 42.9 Å². The standard InChI is InChI=1S/C29H32F2N2O4/c30-10-12-32-20-3-4-21(32)16-25(15-20)37-28-8-5-22(17-27(28)31)33-11-9-19-14-23(6-7-26(19)29(33)34)36-18-24-2-1-13-35-24/h5-9,11,14,17,20-21,24-25H,1-4,10,12-13,15-16,18H2/t20-,21+,24-,25+/m1/s1. The highest BCUT2D eigenvalue weighted by Crippen LogP contribution is 2.37. The van der Waals surface area contributed by atoms with Crippen LogP contribution in [0.1, 0.15) is 38.5 Å². The van der Waals surface area contributed by atoms with E-state index in [0.29, 0.717) is 42.1 Å². The van der Waals surface area contributed by atoms with Crippen molar-refractivity contribution in [1.29, 1.82) is 0 Å².